The van der Waals surface area contributed by atoms with Crippen LogP contribution in [0.5, 0.6) is 0 Å². The number of piperazine rings is 1. The fraction of sp³-hybridized carbons (Fsp3) is 0.559. The number of carbonyl (C=O) groups is 3. The second-order valence-electron chi connectivity index (χ2n) is 12.7. The van der Waals surface area contributed by atoms with Crippen LogP contribution in [0.4, 0.5) is 4.39 Å². The Balaban J connectivity index is 0.00000442. The number of hydrogen-bond acceptors (Lipinski definition) is 5. The van der Waals surface area contributed by atoms with E-state index in [1.807, 2.05) is 17.0 Å². The zero-order chi connectivity index (χ0) is 30.5. The maximum atomic E-state index is 13.8. The van der Waals surface area contributed by atoms with Gasteiger partial charge in [-0.25, -0.2) is 4.39 Å². The van der Waals surface area contributed by atoms with Crippen molar-refractivity contribution in [1.82, 2.24) is 20.4 Å². The van der Waals surface area contributed by atoms with Gasteiger partial charge < -0.3 is 20.6 Å². The molecule has 0 radical (unpaired) electrons. The minimum Gasteiger partial charge on any atom is -0.390 e. The third-order valence-electron chi connectivity index (χ3n) is 9.58. The molecule has 1 saturated carbocycles. The van der Waals surface area contributed by atoms with Crippen molar-refractivity contribution in [3.63, 3.8) is 0 Å². The normalized spacial score (nSPS) is 21.4. The van der Waals surface area contributed by atoms with Crippen LogP contribution in [0, 0.1) is 5.82 Å². The Labute approximate surface area is 266 Å². The highest BCUT2D eigenvalue weighted by Crippen LogP contribution is 2.37. The van der Waals surface area contributed by atoms with Crippen molar-refractivity contribution >= 4 is 30.1 Å². The fourth-order valence-electron chi connectivity index (χ4n) is 6.93. The molecule has 2 aromatic rings. The molecule has 5 rings (SSSR count). The summed E-state index contributed by atoms with van der Waals surface area (Å²) in [5.41, 5.74) is 0.724. The Morgan fingerprint density at radius 2 is 1.61 bits per heavy atom. The van der Waals surface area contributed by atoms with E-state index in [-0.39, 0.29) is 35.9 Å². The fourth-order valence-corrected chi connectivity index (χ4v) is 6.93. The topological polar surface area (TPSA) is 102 Å². The quantitative estimate of drug-likeness (QED) is 0.353. The number of benzene rings is 2. The molecule has 3 fully saturated rings. The molecule has 2 aliphatic heterocycles. The number of rotatable bonds is 10. The predicted octanol–water partition coefficient (Wildman–Crippen LogP) is 4.72. The number of nitrogens with zero attached hydrogens (tertiary/aromatic N) is 2. The lowest BCUT2D eigenvalue weighted by atomic mass is 9.77. The van der Waals surface area contributed by atoms with E-state index in [9.17, 15) is 23.9 Å². The van der Waals surface area contributed by atoms with Crippen molar-refractivity contribution in [2.75, 3.05) is 19.6 Å². The predicted molar refractivity (Wildman–Crippen MR) is 170 cm³/mol. The molecule has 1 spiro atoms. The van der Waals surface area contributed by atoms with Crippen molar-refractivity contribution in [3.05, 3.63) is 71.0 Å². The third kappa shape index (κ3) is 7.79. The Morgan fingerprint density at radius 1 is 0.977 bits per heavy atom. The molecule has 10 heteroatoms. The molecular formula is C34H46ClFN4O4. The van der Waals surface area contributed by atoms with E-state index in [0.717, 1.165) is 43.2 Å². The second kappa shape index (κ2) is 14.8. The van der Waals surface area contributed by atoms with Gasteiger partial charge in [0.1, 0.15) is 17.4 Å². The Hall–Kier alpha value is -3.01. The first-order valence-corrected chi connectivity index (χ1v) is 15.9. The number of nitrogens with one attached hydrogen (secondary N) is 2. The van der Waals surface area contributed by atoms with Gasteiger partial charge in [-0.15, -0.1) is 12.4 Å². The molecule has 3 amide bonds. The number of piperidine rings is 1. The summed E-state index contributed by atoms with van der Waals surface area (Å²) in [6.45, 7) is 5.02. The lowest BCUT2D eigenvalue weighted by Crippen LogP contribution is -2.73. The van der Waals surface area contributed by atoms with Gasteiger partial charge in [0.05, 0.1) is 5.60 Å². The molecule has 2 aromatic carbocycles. The summed E-state index contributed by atoms with van der Waals surface area (Å²) in [5, 5.41) is 17.0. The minimum atomic E-state index is -0.880. The molecular weight excluding hydrogens is 583 g/mol. The molecule has 44 heavy (non-hydrogen) atoms. The van der Waals surface area contributed by atoms with Gasteiger partial charge in [0.15, 0.2) is 0 Å². The van der Waals surface area contributed by atoms with Gasteiger partial charge in [-0.3, -0.25) is 19.3 Å². The molecule has 2 saturated heterocycles. The third-order valence-corrected chi connectivity index (χ3v) is 9.58. The number of aliphatic hydroxyl groups is 1. The van der Waals surface area contributed by atoms with Gasteiger partial charge >= 0.3 is 0 Å². The SMILES string of the molecule is CCCCN1C(=O)[C@@H](CC2(O)CCCCC2)NC(=O)C12CCN(Cc1ccc(C(=O)NCc3ccc(F)cc3)cc1)CC2.Cl. The number of carbonyl (C=O) groups excluding carboxylic acids is 3. The first-order chi connectivity index (χ1) is 20.7. The van der Waals surface area contributed by atoms with Gasteiger partial charge in [-0.2, -0.15) is 0 Å². The van der Waals surface area contributed by atoms with Crippen LogP contribution in [-0.2, 0) is 22.7 Å². The molecule has 0 unspecified atom stereocenters. The van der Waals surface area contributed by atoms with Crippen LogP contribution in [0.3, 0.4) is 0 Å². The molecule has 0 bridgehead atoms. The van der Waals surface area contributed by atoms with Gasteiger partial charge in [-0.1, -0.05) is 56.9 Å². The zero-order valence-corrected chi connectivity index (χ0v) is 26.5. The van der Waals surface area contributed by atoms with Crippen molar-refractivity contribution in [2.24, 2.45) is 0 Å². The smallest absolute Gasteiger partial charge is 0.251 e. The molecule has 1 atom stereocenters. The largest absolute Gasteiger partial charge is 0.390 e. The highest BCUT2D eigenvalue weighted by molar-refractivity contribution is 6.00. The molecule has 240 valence electrons. The molecule has 2 heterocycles. The zero-order valence-electron chi connectivity index (χ0n) is 25.7. The van der Waals surface area contributed by atoms with Gasteiger partial charge in [0.25, 0.3) is 5.91 Å². The van der Waals surface area contributed by atoms with Crippen molar-refractivity contribution in [2.45, 2.75) is 101 Å². The highest BCUT2D eigenvalue weighted by atomic mass is 35.5. The van der Waals surface area contributed by atoms with E-state index in [1.165, 1.54) is 12.1 Å². The van der Waals surface area contributed by atoms with E-state index in [2.05, 4.69) is 22.5 Å². The van der Waals surface area contributed by atoms with Crippen molar-refractivity contribution < 1.29 is 23.9 Å². The summed E-state index contributed by atoms with van der Waals surface area (Å²) in [7, 11) is 0. The first kappa shape index (κ1) is 33.9. The molecule has 0 aromatic heterocycles. The molecule has 3 N–H and O–H groups in total. The molecule has 3 aliphatic rings. The monoisotopic (exact) mass is 628 g/mol. The van der Waals surface area contributed by atoms with Crippen LogP contribution in [0.1, 0.15) is 92.6 Å². The van der Waals surface area contributed by atoms with E-state index < -0.39 is 17.2 Å². The van der Waals surface area contributed by atoms with Crippen molar-refractivity contribution in [3.8, 4) is 0 Å². The Kier molecular flexibility index (Phi) is 11.4. The number of amides is 3. The summed E-state index contributed by atoms with van der Waals surface area (Å²) in [5.74, 6) is -0.625. The lowest BCUT2D eigenvalue weighted by Gasteiger charge is -2.52. The summed E-state index contributed by atoms with van der Waals surface area (Å²) in [6.07, 6.45) is 7.58. The highest BCUT2D eigenvalue weighted by Gasteiger charge is 2.54. The average molecular weight is 629 g/mol. The van der Waals surface area contributed by atoms with Crippen LogP contribution >= 0.6 is 12.4 Å². The van der Waals surface area contributed by atoms with Crippen LogP contribution in [0.25, 0.3) is 0 Å². The summed E-state index contributed by atoms with van der Waals surface area (Å²) < 4.78 is 13.1. The van der Waals surface area contributed by atoms with E-state index >= 15 is 0 Å². The number of unbranched alkanes of at least 4 members (excludes halogenated alkanes) is 1. The van der Waals surface area contributed by atoms with Crippen LogP contribution in [-0.4, -0.2) is 69.4 Å². The lowest BCUT2D eigenvalue weighted by molar-refractivity contribution is -0.163. The minimum absolute atomic E-state index is 0. The summed E-state index contributed by atoms with van der Waals surface area (Å²) >= 11 is 0. The average Bonchev–Trinajstić information content (AvgIpc) is 3.01. The second-order valence-corrected chi connectivity index (χ2v) is 12.7. The molecule has 8 nitrogen and oxygen atoms in total. The van der Waals surface area contributed by atoms with E-state index in [4.69, 9.17) is 0 Å². The Bertz CT molecular complexity index is 1280. The Morgan fingerprint density at radius 3 is 2.25 bits per heavy atom. The van der Waals surface area contributed by atoms with E-state index in [1.54, 1.807) is 24.3 Å². The standard InChI is InChI=1S/C34H45FN4O4.ClH/c1-2-3-19-39-31(41)29(22-33(43)15-5-4-6-16-33)37-32(42)34(39)17-20-38(21-18-34)24-26-7-11-27(12-8-26)30(40)36-23-25-9-13-28(35)14-10-25;/h7-14,29,43H,2-6,15-24H2,1H3,(H,36,40)(H,37,42);1H/t29-;/m1./s1. The van der Waals surface area contributed by atoms with Crippen LogP contribution in [0.15, 0.2) is 48.5 Å². The number of likely N-dealkylation sites (tertiary alicyclic amines) is 1. The summed E-state index contributed by atoms with van der Waals surface area (Å²) in [4.78, 5) is 44.3. The number of halogens is 2. The maximum absolute atomic E-state index is 13.8. The maximum Gasteiger partial charge on any atom is 0.251 e. The molecule has 1 aliphatic carbocycles. The van der Waals surface area contributed by atoms with Gasteiger partial charge in [-0.05, 0) is 67.5 Å². The first-order valence-electron chi connectivity index (χ1n) is 15.9. The van der Waals surface area contributed by atoms with Gasteiger partial charge in [0.2, 0.25) is 11.8 Å². The van der Waals surface area contributed by atoms with Crippen molar-refractivity contribution in [1.29, 1.82) is 0 Å². The van der Waals surface area contributed by atoms with Gasteiger partial charge in [0, 0.05) is 44.7 Å². The van der Waals surface area contributed by atoms with Crippen LogP contribution in [0.2, 0.25) is 0 Å². The summed E-state index contributed by atoms with van der Waals surface area (Å²) in [6, 6.07) is 12.9. The number of hydrogen-bond donors (Lipinski definition) is 3. The van der Waals surface area contributed by atoms with E-state index in [0.29, 0.717) is 70.4 Å². The van der Waals surface area contributed by atoms with Crippen LogP contribution < -0.4 is 10.6 Å².